The number of hydrogen-bond acceptors (Lipinski definition) is 2. The molecular weight excluding hydrogens is 302 g/mol. The van der Waals surface area contributed by atoms with Crippen molar-refractivity contribution in [3.8, 4) is 5.75 Å². The zero-order valence-electron chi connectivity index (χ0n) is 11.1. The van der Waals surface area contributed by atoms with Crippen molar-refractivity contribution in [1.29, 1.82) is 0 Å². The Morgan fingerprint density at radius 3 is 2.37 bits per heavy atom. The summed E-state index contributed by atoms with van der Waals surface area (Å²) in [5.41, 5.74) is 8.15. The number of hydrogen-bond donors (Lipinski definition) is 1. The van der Waals surface area contributed by atoms with Crippen molar-refractivity contribution in [2.45, 2.75) is 26.0 Å². The van der Waals surface area contributed by atoms with E-state index in [2.05, 4.69) is 28.1 Å². The second-order valence-corrected chi connectivity index (χ2v) is 5.56. The van der Waals surface area contributed by atoms with Gasteiger partial charge < -0.3 is 10.5 Å². The Morgan fingerprint density at radius 2 is 1.74 bits per heavy atom. The molecule has 0 aromatic heterocycles. The molecule has 100 valence electrons. The summed E-state index contributed by atoms with van der Waals surface area (Å²) in [5.74, 6) is 0.834. The third-order valence-electron chi connectivity index (χ3n) is 3.04. The number of rotatable bonds is 4. The summed E-state index contributed by atoms with van der Waals surface area (Å²) in [6.45, 7) is 4.00. The fourth-order valence-electron chi connectivity index (χ4n) is 1.97. The predicted octanol–water partition coefficient (Wildman–Crippen LogP) is 4.61. The summed E-state index contributed by atoms with van der Waals surface area (Å²) >= 11 is 3.47. The van der Waals surface area contributed by atoms with Crippen LogP contribution in [0.5, 0.6) is 5.75 Å². The van der Waals surface area contributed by atoms with Crippen LogP contribution in [0.25, 0.3) is 0 Å². The highest BCUT2D eigenvalue weighted by Crippen LogP contribution is 2.31. The molecular formula is C16H18BrNO. The molecule has 2 rings (SSSR count). The van der Waals surface area contributed by atoms with E-state index in [1.165, 1.54) is 0 Å². The average molecular weight is 320 g/mol. The first-order valence-corrected chi connectivity index (χ1v) is 7.14. The van der Waals surface area contributed by atoms with Crippen LogP contribution in [-0.4, -0.2) is 0 Å². The smallest absolute Gasteiger partial charge is 0.126 e. The molecule has 0 fully saturated rings. The van der Waals surface area contributed by atoms with Crippen LogP contribution < -0.4 is 10.5 Å². The lowest BCUT2D eigenvalue weighted by Crippen LogP contribution is -2.10. The van der Waals surface area contributed by atoms with Crippen molar-refractivity contribution in [2.75, 3.05) is 0 Å². The lowest BCUT2D eigenvalue weighted by Gasteiger charge is -2.19. The van der Waals surface area contributed by atoms with Crippen molar-refractivity contribution < 1.29 is 4.74 Å². The Hall–Kier alpha value is -1.32. The molecule has 2 nitrogen and oxygen atoms in total. The van der Waals surface area contributed by atoms with E-state index in [4.69, 9.17) is 10.5 Å². The van der Waals surface area contributed by atoms with Gasteiger partial charge in [0.1, 0.15) is 11.9 Å². The molecule has 2 aromatic carbocycles. The molecule has 2 atom stereocenters. The number of benzene rings is 2. The quantitative estimate of drug-likeness (QED) is 0.893. The molecule has 0 heterocycles. The molecule has 0 bridgehead atoms. The van der Waals surface area contributed by atoms with E-state index in [1.54, 1.807) is 0 Å². The van der Waals surface area contributed by atoms with E-state index in [0.29, 0.717) is 0 Å². The van der Waals surface area contributed by atoms with E-state index >= 15 is 0 Å². The normalized spacial score (nSPS) is 13.9. The first kappa shape index (κ1) is 14.1. The van der Waals surface area contributed by atoms with E-state index in [1.807, 2.05) is 50.2 Å². The van der Waals surface area contributed by atoms with Crippen molar-refractivity contribution in [3.05, 3.63) is 64.1 Å². The van der Waals surface area contributed by atoms with Gasteiger partial charge in [-0.25, -0.2) is 0 Å². The summed E-state index contributed by atoms with van der Waals surface area (Å²) in [5, 5.41) is 0. The molecule has 2 unspecified atom stereocenters. The second kappa shape index (κ2) is 6.22. The standard InChI is InChI=1S/C16H18BrNO/c1-11(18)15-9-8-14(17)10-16(15)19-12(2)13-6-4-3-5-7-13/h3-12H,18H2,1-2H3. The van der Waals surface area contributed by atoms with Gasteiger partial charge in [0.2, 0.25) is 0 Å². The Bertz CT molecular complexity index is 540. The zero-order valence-corrected chi connectivity index (χ0v) is 12.7. The van der Waals surface area contributed by atoms with E-state index in [9.17, 15) is 0 Å². The Kier molecular flexibility index (Phi) is 4.61. The molecule has 0 spiro atoms. The van der Waals surface area contributed by atoms with E-state index in [0.717, 1.165) is 21.3 Å². The molecule has 0 aliphatic heterocycles. The monoisotopic (exact) mass is 319 g/mol. The first-order valence-electron chi connectivity index (χ1n) is 6.34. The van der Waals surface area contributed by atoms with Gasteiger partial charge in [0.15, 0.2) is 0 Å². The van der Waals surface area contributed by atoms with Gasteiger partial charge in [-0.2, -0.15) is 0 Å². The van der Waals surface area contributed by atoms with Gasteiger partial charge in [-0.1, -0.05) is 52.3 Å². The van der Waals surface area contributed by atoms with Gasteiger partial charge >= 0.3 is 0 Å². The van der Waals surface area contributed by atoms with Crippen LogP contribution in [0.15, 0.2) is 53.0 Å². The highest BCUT2D eigenvalue weighted by Gasteiger charge is 2.13. The molecule has 0 saturated carbocycles. The minimum atomic E-state index is -0.0499. The highest BCUT2D eigenvalue weighted by atomic mass is 79.9. The molecule has 0 saturated heterocycles. The van der Waals surface area contributed by atoms with E-state index in [-0.39, 0.29) is 12.1 Å². The van der Waals surface area contributed by atoms with Crippen LogP contribution >= 0.6 is 15.9 Å². The maximum absolute atomic E-state index is 6.06. The minimum absolute atomic E-state index is 0.00648. The fraction of sp³-hybridized carbons (Fsp3) is 0.250. The summed E-state index contributed by atoms with van der Waals surface area (Å²) in [6.07, 6.45) is -0.00648. The summed E-state index contributed by atoms with van der Waals surface area (Å²) in [4.78, 5) is 0. The summed E-state index contributed by atoms with van der Waals surface area (Å²) < 4.78 is 7.06. The van der Waals surface area contributed by atoms with Gasteiger partial charge in [-0.15, -0.1) is 0 Å². The maximum atomic E-state index is 6.06. The van der Waals surface area contributed by atoms with Crippen molar-refractivity contribution in [1.82, 2.24) is 0 Å². The van der Waals surface area contributed by atoms with Crippen LogP contribution in [-0.2, 0) is 0 Å². The number of ether oxygens (including phenoxy) is 1. The van der Waals surface area contributed by atoms with Crippen LogP contribution in [0.3, 0.4) is 0 Å². The Morgan fingerprint density at radius 1 is 1.05 bits per heavy atom. The van der Waals surface area contributed by atoms with Crippen LogP contribution in [0.4, 0.5) is 0 Å². The fourth-order valence-corrected chi connectivity index (χ4v) is 2.31. The minimum Gasteiger partial charge on any atom is -0.486 e. The average Bonchev–Trinajstić information content (AvgIpc) is 2.39. The van der Waals surface area contributed by atoms with Crippen molar-refractivity contribution >= 4 is 15.9 Å². The number of halogens is 1. The molecule has 2 N–H and O–H groups in total. The molecule has 3 heteroatoms. The first-order chi connectivity index (χ1) is 9.08. The summed E-state index contributed by atoms with van der Waals surface area (Å²) in [6, 6.07) is 16.1. The van der Waals surface area contributed by atoms with Crippen molar-refractivity contribution in [2.24, 2.45) is 5.73 Å². The zero-order chi connectivity index (χ0) is 13.8. The third kappa shape index (κ3) is 3.58. The van der Waals surface area contributed by atoms with E-state index < -0.39 is 0 Å². The molecule has 0 aliphatic rings. The van der Waals surface area contributed by atoms with Crippen LogP contribution in [0.2, 0.25) is 0 Å². The molecule has 0 amide bonds. The lowest BCUT2D eigenvalue weighted by molar-refractivity contribution is 0.223. The van der Waals surface area contributed by atoms with Crippen LogP contribution in [0.1, 0.15) is 37.1 Å². The summed E-state index contributed by atoms with van der Waals surface area (Å²) in [7, 11) is 0. The predicted molar refractivity (Wildman–Crippen MR) is 82.2 cm³/mol. The number of nitrogens with two attached hydrogens (primary N) is 1. The van der Waals surface area contributed by atoms with Gasteiger partial charge in [0, 0.05) is 16.1 Å². The Balaban J connectivity index is 2.25. The molecule has 0 aliphatic carbocycles. The molecule has 2 aromatic rings. The third-order valence-corrected chi connectivity index (χ3v) is 3.53. The SMILES string of the molecule is CC(N)c1ccc(Br)cc1OC(C)c1ccccc1. The highest BCUT2D eigenvalue weighted by molar-refractivity contribution is 9.10. The topological polar surface area (TPSA) is 35.2 Å². The molecule has 0 radical (unpaired) electrons. The Labute approximate surface area is 122 Å². The van der Waals surface area contributed by atoms with Gasteiger partial charge in [-0.05, 0) is 31.5 Å². The largest absolute Gasteiger partial charge is 0.486 e. The lowest BCUT2D eigenvalue weighted by atomic mass is 10.1. The second-order valence-electron chi connectivity index (χ2n) is 4.64. The maximum Gasteiger partial charge on any atom is 0.126 e. The van der Waals surface area contributed by atoms with Crippen molar-refractivity contribution in [3.63, 3.8) is 0 Å². The van der Waals surface area contributed by atoms with Gasteiger partial charge in [0.25, 0.3) is 0 Å². The van der Waals surface area contributed by atoms with Gasteiger partial charge in [-0.3, -0.25) is 0 Å². The molecule has 19 heavy (non-hydrogen) atoms. The van der Waals surface area contributed by atoms with Crippen LogP contribution in [0, 0.1) is 0 Å². The van der Waals surface area contributed by atoms with Gasteiger partial charge in [0.05, 0.1) is 0 Å².